The van der Waals surface area contributed by atoms with Crippen LogP contribution in [0.3, 0.4) is 0 Å². The van der Waals surface area contributed by atoms with Crippen molar-refractivity contribution in [1.29, 1.82) is 0 Å². The Balaban J connectivity index is 0.968. The van der Waals surface area contributed by atoms with E-state index >= 15 is 0 Å². The molecule has 2 aliphatic carbocycles. The lowest BCUT2D eigenvalue weighted by Crippen LogP contribution is -2.41. The molecule has 6 aromatic rings. The number of amides is 3. The predicted molar refractivity (Wildman–Crippen MR) is 223 cm³/mol. The van der Waals surface area contributed by atoms with Crippen molar-refractivity contribution in [3.63, 3.8) is 0 Å². The molecule has 1 N–H and O–H groups in total. The molecule has 270 valence electrons. The summed E-state index contributed by atoms with van der Waals surface area (Å²) >= 11 is -1.03. The van der Waals surface area contributed by atoms with Crippen molar-refractivity contribution in [2.24, 2.45) is 5.92 Å². The number of benzene rings is 6. The van der Waals surface area contributed by atoms with Crippen LogP contribution in [0.4, 0.5) is 5.69 Å². The number of hydrogen-bond acceptors (Lipinski definition) is 6. The molecule has 8 nitrogen and oxygen atoms in total. The van der Waals surface area contributed by atoms with Crippen LogP contribution in [0.25, 0.3) is 27.5 Å². The van der Waals surface area contributed by atoms with Gasteiger partial charge in [-0.2, -0.15) is 0 Å². The summed E-state index contributed by atoms with van der Waals surface area (Å²) in [6.07, 6.45) is 6.86. The first-order chi connectivity index (χ1) is 27.3. The molecular formula is C47H29IN2O6. The number of anilines is 1. The molecule has 3 amide bonds. The number of carbonyl (C=O) groups is 5. The number of fused-ring (bicyclic) bond motifs is 4. The largest absolute Gasteiger partial charge is 0.487 e. The second-order valence-electron chi connectivity index (χ2n) is 14.0. The number of rotatable bonds is 7. The van der Waals surface area contributed by atoms with E-state index < -0.39 is 38.5 Å². The van der Waals surface area contributed by atoms with Crippen LogP contribution in [0.15, 0.2) is 140 Å². The van der Waals surface area contributed by atoms with Gasteiger partial charge in [-0.3, -0.25) is 24.0 Å². The molecule has 0 saturated carbocycles. The summed E-state index contributed by atoms with van der Waals surface area (Å²) in [5.74, 6) is -2.85. The summed E-state index contributed by atoms with van der Waals surface area (Å²) in [6, 6.07) is 37.2. The molecule has 0 bridgehead atoms. The van der Waals surface area contributed by atoms with Crippen molar-refractivity contribution >= 4 is 75.7 Å². The molecule has 0 aromatic heterocycles. The van der Waals surface area contributed by atoms with Gasteiger partial charge in [0.05, 0.1) is 26.0 Å². The molecule has 2 heterocycles. The second-order valence-corrected chi connectivity index (χ2v) is 16.9. The Morgan fingerprint density at radius 2 is 1.29 bits per heavy atom. The standard InChI is InChI=1S/C47H29IN2O6/c51-42-33-20-31-22-35-36(47(55)50(46(35)54)39-18-16-30(28-13-7-8-14-28)24-40(39)56-25-26-9-3-1-4-10-26)23-32(31)21-34(33)43(52)41(42)44-48-38-17-15-29(19-37(38)45(53)49-44)27-11-5-2-6-12-27/h1-13,15-24,41H,14,25H2,(H,49,53). The number of imide groups is 1. The van der Waals surface area contributed by atoms with Crippen molar-refractivity contribution < 1.29 is 28.7 Å². The van der Waals surface area contributed by atoms with E-state index in [0.29, 0.717) is 31.4 Å². The van der Waals surface area contributed by atoms with Crippen molar-refractivity contribution in [2.45, 2.75) is 13.0 Å². The Morgan fingerprint density at radius 3 is 1.95 bits per heavy atom. The highest BCUT2D eigenvalue weighted by Crippen LogP contribution is 2.41. The summed E-state index contributed by atoms with van der Waals surface area (Å²) in [7, 11) is 0. The van der Waals surface area contributed by atoms with Gasteiger partial charge in [0.2, 0.25) is 0 Å². The van der Waals surface area contributed by atoms with E-state index in [2.05, 4.69) is 11.4 Å². The van der Waals surface area contributed by atoms with Crippen molar-refractivity contribution in [1.82, 2.24) is 5.32 Å². The van der Waals surface area contributed by atoms with Gasteiger partial charge in [-0.25, -0.2) is 4.90 Å². The van der Waals surface area contributed by atoms with Gasteiger partial charge in [-0.05, 0) is 93.6 Å². The highest BCUT2D eigenvalue weighted by Gasteiger charge is 2.44. The van der Waals surface area contributed by atoms with E-state index in [9.17, 15) is 24.0 Å². The van der Waals surface area contributed by atoms with E-state index in [-0.39, 0.29) is 46.3 Å². The third kappa shape index (κ3) is 5.57. The number of nitrogens with zero attached hydrogens (tertiary/aromatic N) is 1. The smallest absolute Gasteiger partial charge is 0.266 e. The van der Waals surface area contributed by atoms with Gasteiger partial charge < -0.3 is 10.1 Å². The molecule has 9 heteroatoms. The number of ketones is 2. The minimum Gasteiger partial charge on any atom is -0.487 e. The summed E-state index contributed by atoms with van der Waals surface area (Å²) in [5.41, 5.74) is 6.62. The average Bonchev–Trinajstić information content (AvgIpc) is 3.92. The Morgan fingerprint density at radius 1 is 0.643 bits per heavy atom. The monoisotopic (exact) mass is 844 g/mol. The minimum absolute atomic E-state index is 0.197. The maximum atomic E-state index is 14.1. The first kappa shape index (κ1) is 33.9. The lowest BCUT2D eigenvalue weighted by Gasteiger charge is -2.20. The lowest BCUT2D eigenvalue weighted by atomic mass is 9.98. The third-order valence-electron chi connectivity index (χ3n) is 10.6. The number of hydrogen-bond donors (Lipinski definition) is 1. The van der Waals surface area contributed by atoms with Crippen LogP contribution in [-0.2, 0) is 6.61 Å². The Labute approximate surface area is 330 Å². The molecule has 2 aliphatic heterocycles. The fourth-order valence-corrected chi connectivity index (χ4v) is 10.7. The Kier molecular flexibility index (Phi) is 8.07. The van der Waals surface area contributed by atoms with E-state index in [4.69, 9.17) is 4.74 Å². The van der Waals surface area contributed by atoms with E-state index in [1.807, 2.05) is 103 Å². The molecule has 0 atom stereocenters. The highest BCUT2D eigenvalue weighted by atomic mass is 127. The number of carbonyl (C=O) groups excluding carboxylic acids is 5. The molecule has 0 spiro atoms. The zero-order chi connectivity index (χ0) is 38.1. The molecular weight excluding hydrogens is 815 g/mol. The van der Waals surface area contributed by atoms with Crippen LogP contribution in [-0.4, -0.2) is 32.9 Å². The molecule has 0 saturated heterocycles. The quantitative estimate of drug-likeness (QED) is 0.0977. The molecule has 0 unspecified atom stereocenters. The first-order valence-electron chi connectivity index (χ1n) is 18.1. The maximum absolute atomic E-state index is 14.1. The van der Waals surface area contributed by atoms with Gasteiger partial charge in [0.1, 0.15) is 18.3 Å². The first-order valence-corrected chi connectivity index (χ1v) is 20.3. The third-order valence-corrected chi connectivity index (χ3v) is 13.6. The number of allylic oxidation sites excluding steroid dienone is 4. The summed E-state index contributed by atoms with van der Waals surface area (Å²) in [4.78, 5) is 70.8. The fourth-order valence-electron chi connectivity index (χ4n) is 7.76. The molecule has 0 radical (unpaired) electrons. The highest BCUT2D eigenvalue weighted by molar-refractivity contribution is 14.2. The number of Topliss-reactive ketones (excluding diaryl/α,β-unsaturated/α-hetero) is 2. The van der Waals surface area contributed by atoms with E-state index in [1.165, 1.54) is 0 Å². The molecule has 0 fully saturated rings. The van der Waals surface area contributed by atoms with Gasteiger partial charge >= 0.3 is 0 Å². The van der Waals surface area contributed by atoms with Gasteiger partial charge in [0, 0.05) is 14.7 Å². The Bertz CT molecular complexity index is 2780. The number of halogens is 1. The normalized spacial score (nSPS) is 16.0. The molecule has 6 aromatic carbocycles. The van der Waals surface area contributed by atoms with Gasteiger partial charge in [0.15, 0.2) is 11.6 Å². The summed E-state index contributed by atoms with van der Waals surface area (Å²) in [6.45, 7) is 0.239. The van der Waals surface area contributed by atoms with Gasteiger partial charge in [-0.15, -0.1) is 0 Å². The van der Waals surface area contributed by atoms with Crippen molar-refractivity contribution in [3.8, 4) is 16.9 Å². The summed E-state index contributed by atoms with van der Waals surface area (Å²) in [5, 5.41) is 4.02. The van der Waals surface area contributed by atoms with Crippen LogP contribution in [0, 0.1) is 9.49 Å². The average molecular weight is 845 g/mol. The van der Waals surface area contributed by atoms with Crippen molar-refractivity contribution in [3.05, 3.63) is 182 Å². The van der Waals surface area contributed by atoms with E-state index in [0.717, 1.165) is 42.7 Å². The van der Waals surface area contributed by atoms with Crippen LogP contribution in [0.2, 0.25) is 0 Å². The fraction of sp³-hybridized carbons (Fsp3) is 0.0638. The second kappa shape index (κ2) is 13.3. The van der Waals surface area contributed by atoms with Crippen LogP contribution in [0.1, 0.15) is 69.3 Å². The predicted octanol–water partition coefficient (Wildman–Crippen LogP) is 8.94. The number of nitrogens with one attached hydrogen (secondary N) is 1. The molecule has 4 aliphatic rings. The van der Waals surface area contributed by atoms with E-state index in [1.54, 1.807) is 30.3 Å². The van der Waals surface area contributed by atoms with Crippen LogP contribution < -0.4 is 15.0 Å². The zero-order valence-electron chi connectivity index (χ0n) is 29.5. The maximum Gasteiger partial charge on any atom is 0.266 e. The lowest BCUT2D eigenvalue weighted by molar-refractivity contribution is 0.0876. The van der Waals surface area contributed by atoms with Crippen molar-refractivity contribution in [2.75, 3.05) is 4.90 Å². The minimum atomic E-state index is -1.13. The summed E-state index contributed by atoms with van der Waals surface area (Å²) < 4.78 is 7.59. The SMILES string of the molecule is O=C1NC(C2C(=O)c3cc4cc5c(cc4cc3C2=O)C(=O)N(c2ccc(C3=CC=CC3)cc2OCc2ccccc2)C5=O)=Ic2ccc(-c3ccccc3)cc21. The van der Waals surface area contributed by atoms with Gasteiger partial charge in [0.25, 0.3) is 17.7 Å². The Hall–Kier alpha value is -6.59. The topological polar surface area (TPSA) is 110 Å². The van der Waals surface area contributed by atoms with Crippen LogP contribution in [0.5, 0.6) is 5.75 Å². The molecule has 56 heavy (non-hydrogen) atoms. The zero-order valence-corrected chi connectivity index (χ0v) is 31.7. The van der Waals surface area contributed by atoms with Gasteiger partial charge in [-0.1, -0.05) is 112 Å². The molecule has 10 rings (SSSR count). The van der Waals surface area contributed by atoms with Crippen LogP contribution >= 0.6 is 20.7 Å². The number of ether oxygens (including phenoxy) is 1.